The molecular weight excluding hydrogens is 302 g/mol. The number of esters is 1. The Balaban J connectivity index is 2.55. The number of rotatable bonds is 10. The Kier molecular flexibility index (Phi) is 9.19. The molecule has 0 bridgehead atoms. The standard InChI is InChI=1S/C15H31NO5Si/c1-5-18-15(17)14-9-11-16(12-10-14)13-22(19-6-2,20-7-3)21-8-4/h14H,5-13H2,1-4H3. The summed E-state index contributed by atoms with van der Waals surface area (Å²) < 4.78 is 22.8. The molecule has 1 heterocycles. The van der Waals surface area contributed by atoms with Crippen molar-refractivity contribution in [2.75, 3.05) is 45.7 Å². The number of likely N-dealkylation sites (tertiary alicyclic amines) is 1. The molecule has 1 aliphatic rings. The van der Waals surface area contributed by atoms with Crippen LogP contribution in [0, 0.1) is 5.92 Å². The summed E-state index contributed by atoms with van der Waals surface area (Å²) in [6, 6.07) is 0. The molecule has 1 saturated heterocycles. The van der Waals surface area contributed by atoms with Crippen LogP contribution in [-0.2, 0) is 22.8 Å². The van der Waals surface area contributed by atoms with Gasteiger partial charge in [0.2, 0.25) is 0 Å². The Labute approximate surface area is 135 Å². The Bertz CT molecular complexity index is 304. The van der Waals surface area contributed by atoms with Gasteiger partial charge in [-0.3, -0.25) is 9.69 Å². The van der Waals surface area contributed by atoms with Crippen molar-refractivity contribution in [2.45, 2.75) is 40.5 Å². The maximum Gasteiger partial charge on any atom is 0.515 e. The number of hydrogen-bond donors (Lipinski definition) is 0. The first-order valence-corrected chi connectivity index (χ1v) is 10.3. The van der Waals surface area contributed by atoms with Crippen LogP contribution in [-0.4, -0.2) is 65.4 Å². The van der Waals surface area contributed by atoms with Gasteiger partial charge in [-0.1, -0.05) is 0 Å². The summed E-state index contributed by atoms with van der Waals surface area (Å²) in [6.07, 6.45) is 2.35. The van der Waals surface area contributed by atoms with Crippen LogP contribution in [0.4, 0.5) is 0 Å². The van der Waals surface area contributed by atoms with E-state index in [4.69, 9.17) is 18.0 Å². The molecule has 0 amide bonds. The van der Waals surface area contributed by atoms with E-state index >= 15 is 0 Å². The number of ether oxygens (including phenoxy) is 1. The molecule has 22 heavy (non-hydrogen) atoms. The molecule has 0 spiro atoms. The largest absolute Gasteiger partial charge is 0.515 e. The Morgan fingerprint density at radius 3 is 1.86 bits per heavy atom. The number of carbonyl (C=O) groups excluding carboxylic acids is 1. The van der Waals surface area contributed by atoms with E-state index in [0.717, 1.165) is 25.9 Å². The molecule has 6 nitrogen and oxygen atoms in total. The first-order valence-electron chi connectivity index (χ1n) is 8.41. The topological polar surface area (TPSA) is 57.2 Å². The van der Waals surface area contributed by atoms with Crippen molar-refractivity contribution >= 4 is 14.8 Å². The highest BCUT2D eigenvalue weighted by molar-refractivity contribution is 6.60. The average Bonchev–Trinajstić information content (AvgIpc) is 2.49. The fraction of sp³-hybridized carbons (Fsp3) is 0.933. The van der Waals surface area contributed by atoms with Gasteiger partial charge in [0, 0.05) is 19.8 Å². The minimum absolute atomic E-state index is 0.0264. The van der Waals surface area contributed by atoms with Crippen LogP contribution < -0.4 is 0 Å². The molecule has 0 saturated carbocycles. The Morgan fingerprint density at radius 2 is 1.45 bits per heavy atom. The van der Waals surface area contributed by atoms with Crippen molar-refractivity contribution < 1.29 is 22.8 Å². The quantitative estimate of drug-likeness (QED) is 0.449. The van der Waals surface area contributed by atoms with Crippen LogP contribution in [0.1, 0.15) is 40.5 Å². The number of nitrogens with zero attached hydrogens (tertiary/aromatic N) is 1. The van der Waals surface area contributed by atoms with E-state index in [1.54, 1.807) is 0 Å². The first-order chi connectivity index (χ1) is 10.6. The molecule has 0 atom stereocenters. The zero-order valence-corrected chi connectivity index (χ0v) is 15.4. The molecule has 1 fully saturated rings. The van der Waals surface area contributed by atoms with Crippen LogP contribution in [0.3, 0.4) is 0 Å². The third-order valence-electron chi connectivity index (χ3n) is 3.72. The van der Waals surface area contributed by atoms with E-state index in [1.165, 1.54) is 0 Å². The SMILES string of the molecule is CCOC(=O)C1CCN(C[Si](OCC)(OCC)OCC)CC1. The van der Waals surface area contributed by atoms with Gasteiger partial charge in [-0.05, 0) is 53.6 Å². The van der Waals surface area contributed by atoms with E-state index in [-0.39, 0.29) is 11.9 Å². The van der Waals surface area contributed by atoms with Crippen LogP contribution in [0.2, 0.25) is 0 Å². The monoisotopic (exact) mass is 333 g/mol. The molecule has 0 aromatic heterocycles. The van der Waals surface area contributed by atoms with Gasteiger partial charge >= 0.3 is 14.8 Å². The Hall–Kier alpha value is -0.473. The molecular formula is C15H31NO5Si. The second-order valence-corrected chi connectivity index (χ2v) is 7.83. The Morgan fingerprint density at radius 1 is 0.955 bits per heavy atom. The zero-order valence-electron chi connectivity index (χ0n) is 14.4. The van der Waals surface area contributed by atoms with Gasteiger partial charge in [0.15, 0.2) is 0 Å². The van der Waals surface area contributed by atoms with Gasteiger partial charge < -0.3 is 18.0 Å². The normalized spacial score (nSPS) is 17.6. The van der Waals surface area contributed by atoms with Gasteiger partial charge in [0.05, 0.1) is 18.7 Å². The highest BCUT2D eigenvalue weighted by Crippen LogP contribution is 2.21. The molecule has 0 aromatic carbocycles. The maximum absolute atomic E-state index is 11.8. The summed E-state index contributed by atoms with van der Waals surface area (Å²) in [5, 5.41) is 0. The lowest BCUT2D eigenvalue weighted by Crippen LogP contribution is -2.56. The number of carbonyl (C=O) groups is 1. The fourth-order valence-electron chi connectivity index (χ4n) is 2.78. The highest BCUT2D eigenvalue weighted by atomic mass is 28.4. The van der Waals surface area contributed by atoms with Crippen LogP contribution in [0.25, 0.3) is 0 Å². The molecule has 0 unspecified atom stereocenters. The van der Waals surface area contributed by atoms with Crippen molar-refractivity contribution in [1.82, 2.24) is 4.90 Å². The molecule has 1 aliphatic heterocycles. The molecule has 1 rings (SSSR count). The lowest BCUT2D eigenvalue weighted by atomic mass is 9.97. The van der Waals surface area contributed by atoms with Crippen molar-refractivity contribution in [2.24, 2.45) is 5.92 Å². The van der Waals surface area contributed by atoms with Crippen LogP contribution >= 0.6 is 0 Å². The fourth-order valence-corrected chi connectivity index (χ4v) is 5.49. The van der Waals surface area contributed by atoms with Crippen LogP contribution in [0.15, 0.2) is 0 Å². The van der Waals surface area contributed by atoms with Crippen molar-refractivity contribution in [3.05, 3.63) is 0 Å². The summed E-state index contributed by atoms with van der Waals surface area (Å²) in [4.78, 5) is 14.1. The van der Waals surface area contributed by atoms with E-state index in [2.05, 4.69) is 4.90 Å². The van der Waals surface area contributed by atoms with Gasteiger partial charge in [-0.25, -0.2) is 0 Å². The second kappa shape index (κ2) is 10.3. The smallest absolute Gasteiger partial charge is 0.466 e. The minimum Gasteiger partial charge on any atom is -0.466 e. The van der Waals surface area contributed by atoms with Crippen molar-refractivity contribution in [1.29, 1.82) is 0 Å². The van der Waals surface area contributed by atoms with Gasteiger partial charge in [-0.15, -0.1) is 0 Å². The van der Waals surface area contributed by atoms with Crippen molar-refractivity contribution in [3.63, 3.8) is 0 Å². The van der Waals surface area contributed by atoms with E-state index in [9.17, 15) is 4.79 Å². The summed E-state index contributed by atoms with van der Waals surface area (Å²) >= 11 is 0. The maximum atomic E-state index is 11.8. The third kappa shape index (κ3) is 5.96. The molecule has 0 aromatic rings. The molecule has 130 valence electrons. The van der Waals surface area contributed by atoms with Gasteiger partial charge in [0.1, 0.15) is 0 Å². The van der Waals surface area contributed by atoms with Crippen molar-refractivity contribution in [3.8, 4) is 0 Å². The molecule has 0 radical (unpaired) electrons. The zero-order chi connectivity index (χ0) is 16.4. The molecule has 0 N–H and O–H groups in total. The summed E-state index contributed by atoms with van der Waals surface area (Å²) in [6.45, 7) is 11.7. The molecule has 0 aliphatic carbocycles. The third-order valence-corrected chi connectivity index (χ3v) is 6.74. The average molecular weight is 334 g/mol. The van der Waals surface area contributed by atoms with Gasteiger partial charge in [-0.2, -0.15) is 0 Å². The predicted molar refractivity (Wildman–Crippen MR) is 86.4 cm³/mol. The number of piperidine rings is 1. The lowest BCUT2D eigenvalue weighted by Gasteiger charge is -2.36. The van der Waals surface area contributed by atoms with Crippen LogP contribution in [0.5, 0.6) is 0 Å². The summed E-state index contributed by atoms with van der Waals surface area (Å²) in [7, 11) is -2.64. The number of hydrogen-bond acceptors (Lipinski definition) is 6. The first kappa shape index (κ1) is 19.6. The highest BCUT2D eigenvalue weighted by Gasteiger charge is 2.43. The van der Waals surface area contributed by atoms with E-state index in [1.807, 2.05) is 27.7 Å². The summed E-state index contributed by atoms with van der Waals surface area (Å²) in [5.74, 6) is -0.0383. The van der Waals surface area contributed by atoms with Gasteiger partial charge in [0.25, 0.3) is 0 Å². The lowest BCUT2D eigenvalue weighted by molar-refractivity contribution is -0.149. The molecule has 7 heteroatoms. The summed E-state index contributed by atoms with van der Waals surface area (Å²) in [5.41, 5.74) is 0. The van der Waals surface area contributed by atoms with E-state index < -0.39 is 8.80 Å². The second-order valence-electron chi connectivity index (χ2n) is 5.28. The minimum atomic E-state index is -2.64. The van der Waals surface area contributed by atoms with E-state index in [0.29, 0.717) is 32.6 Å². The predicted octanol–water partition coefficient (Wildman–Crippen LogP) is 1.85.